The molecule has 2 aliphatic rings. The average molecular weight is 373 g/mol. The van der Waals surface area contributed by atoms with Crippen LogP contribution < -0.4 is 10.6 Å². The maximum atomic E-state index is 12.8. The first-order valence-electron chi connectivity index (χ1n) is 9.58. The van der Waals surface area contributed by atoms with E-state index in [4.69, 9.17) is 4.74 Å². The molecule has 3 amide bonds. The molecule has 1 unspecified atom stereocenters. The maximum Gasteiger partial charge on any atom is 0.254 e. The zero-order chi connectivity index (χ0) is 19.2. The fourth-order valence-corrected chi connectivity index (χ4v) is 3.28. The fraction of sp³-hybridized carbons (Fsp3) is 0.550. The maximum absolute atomic E-state index is 12.8. The van der Waals surface area contributed by atoms with Gasteiger partial charge in [-0.05, 0) is 56.4 Å². The topological polar surface area (TPSA) is 87.7 Å². The van der Waals surface area contributed by atoms with Crippen LogP contribution in [0, 0.1) is 5.92 Å². The number of nitrogens with zero attached hydrogens (tertiary/aromatic N) is 1. The van der Waals surface area contributed by atoms with Crippen molar-refractivity contribution in [1.82, 2.24) is 10.2 Å². The van der Waals surface area contributed by atoms with Crippen LogP contribution in [0.4, 0.5) is 5.69 Å². The van der Waals surface area contributed by atoms with E-state index in [1.165, 1.54) is 0 Å². The van der Waals surface area contributed by atoms with E-state index in [0.717, 1.165) is 25.7 Å². The number of methoxy groups -OCH3 is 1. The quantitative estimate of drug-likeness (QED) is 0.680. The Balaban J connectivity index is 1.56. The molecule has 1 atom stereocenters. The summed E-state index contributed by atoms with van der Waals surface area (Å²) in [5.74, 6) is -0.0761. The molecule has 0 spiro atoms. The molecule has 7 nitrogen and oxygen atoms in total. The zero-order valence-corrected chi connectivity index (χ0v) is 15.7. The molecule has 1 aliphatic heterocycles. The second-order valence-corrected chi connectivity index (χ2v) is 7.13. The van der Waals surface area contributed by atoms with Crippen molar-refractivity contribution in [1.29, 1.82) is 0 Å². The number of nitrogens with one attached hydrogen (secondary N) is 2. The number of likely N-dealkylation sites (tertiary alicyclic amines) is 1. The van der Waals surface area contributed by atoms with E-state index < -0.39 is 6.04 Å². The van der Waals surface area contributed by atoms with Crippen molar-refractivity contribution in [2.75, 3.05) is 32.1 Å². The molecule has 3 rings (SSSR count). The van der Waals surface area contributed by atoms with Gasteiger partial charge >= 0.3 is 0 Å². The van der Waals surface area contributed by atoms with Gasteiger partial charge in [0, 0.05) is 44.0 Å². The third-order valence-corrected chi connectivity index (χ3v) is 4.99. The van der Waals surface area contributed by atoms with Gasteiger partial charge in [0.25, 0.3) is 5.91 Å². The molecule has 0 bridgehead atoms. The molecule has 1 heterocycles. The van der Waals surface area contributed by atoms with Crippen LogP contribution >= 0.6 is 0 Å². The van der Waals surface area contributed by atoms with Gasteiger partial charge in [0.2, 0.25) is 11.8 Å². The van der Waals surface area contributed by atoms with Gasteiger partial charge in [0.05, 0.1) is 0 Å². The third-order valence-electron chi connectivity index (χ3n) is 4.99. The highest BCUT2D eigenvalue weighted by Gasteiger charge is 2.34. The lowest BCUT2D eigenvalue weighted by atomic mass is 10.1. The van der Waals surface area contributed by atoms with Crippen molar-refractivity contribution in [3.63, 3.8) is 0 Å². The van der Waals surface area contributed by atoms with E-state index in [1.807, 2.05) is 0 Å². The molecule has 0 aromatic heterocycles. The number of amides is 3. The number of hydrogen-bond acceptors (Lipinski definition) is 4. The average Bonchev–Trinajstić information content (AvgIpc) is 3.42. The lowest BCUT2D eigenvalue weighted by molar-refractivity contribution is -0.124. The van der Waals surface area contributed by atoms with Crippen molar-refractivity contribution in [2.45, 2.75) is 38.1 Å². The lowest BCUT2D eigenvalue weighted by Gasteiger charge is -2.24. The Morgan fingerprint density at radius 3 is 2.52 bits per heavy atom. The van der Waals surface area contributed by atoms with E-state index in [2.05, 4.69) is 10.6 Å². The zero-order valence-electron chi connectivity index (χ0n) is 15.7. The molecule has 27 heavy (non-hydrogen) atoms. The van der Waals surface area contributed by atoms with E-state index in [0.29, 0.717) is 37.4 Å². The Morgan fingerprint density at radius 1 is 1.11 bits per heavy atom. The lowest BCUT2D eigenvalue weighted by Crippen LogP contribution is -2.46. The molecular formula is C20H27N3O4. The van der Waals surface area contributed by atoms with E-state index in [1.54, 1.807) is 36.3 Å². The number of rotatable bonds is 8. The third kappa shape index (κ3) is 5.07. The summed E-state index contributed by atoms with van der Waals surface area (Å²) < 4.78 is 4.97. The highest BCUT2D eigenvalue weighted by atomic mass is 16.5. The van der Waals surface area contributed by atoms with Crippen LogP contribution in [0.5, 0.6) is 0 Å². The Bertz CT molecular complexity index is 685. The first-order valence-corrected chi connectivity index (χ1v) is 9.58. The Labute approximate surface area is 159 Å². The van der Waals surface area contributed by atoms with Crippen molar-refractivity contribution in [3.05, 3.63) is 29.8 Å². The summed E-state index contributed by atoms with van der Waals surface area (Å²) in [6, 6.07) is 6.47. The van der Waals surface area contributed by atoms with Gasteiger partial charge in [-0.1, -0.05) is 0 Å². The van der Waals surface area contributed by atoms with Gasteiger partial charge in [-0.2, -0.15) is 0 Å². The summed E-state index contributed by atoms with van der Waals surface area (Å²) >= 11 is 0. The SMILES string of the molecule is COCCCNC(=O)C1CCCN1C(=O)c1ccc(NC(=O)C2CC2)cc1. The number of carbonyl (C=O) groups excluding carboxylic acids is 3. The molecule has 1 saturated carbocycles. The van der Waals surface area contributed by atoms with Crippen LogP contribution in [0.3, 0.4) is 0 Å². The van der Waals surface area contributed by atoms with Gasteiger partial charge in [0.1, 0.15) is 6.04 Å². The summed E-state index contributed by atoms with van der Waals surface area (Å²) in [5, 5.41) is 5.74. The Hall–Kier alpha value is -2.41. The largest absolute Gasteiger partial charge is 0.385 e. The van der Waals surface area contributed by atoms with Crippen LogP contribution in [0.2, 0.25) is 0 Å². The van der Waals surface area contributed by atoms with Crippen LogP contribution in [-0.2, 0) is 14.3 Å². The van der Waals surface area contributed by atoms with Gasteiger partial charge in [0.15, 0.2) is 0 Å². The predicted octanol–water partition coefficient (Wildman–Crippen LogP) is 1.79. The highest BCUT2D eigenvalue weighted by molar-refractivity contribution is 5.99. The molecule has 1 aromatic rings. The molecular weight excluding hydrogens is 346 g/mol. The monoisotopic (exact) mass is 373 g/mol. The van der Waals surface area contributed by atoms with Crippen LogP contribution in [0.15, 0.2) is 24.3 Å². The normalized spacial score (nSPS) is 19.0. The second-order valence-electron chi connectivity index (χ2n) is 7.13. The molecule has 2 fully saturated rings. The van der Waals surface area contributed by atoms with Crippen LogP contribution in [0.1, 0.15) is 42.5 Å². The van der Waals surface area contributed by atoms with Crippen LogP contribution in [-0.4, -0.2) is 55.5 Å². The van der Waals surface area contributed by atoms with Gasteiger partial charge in [-0.15, -0.1) is 0 Å². The summed E-state index contributed by atoms with van der Waals surface area (Å²) in [6.07, 6.45) is 4.14. The molecule has 1 aromatic carbocycles. The number of hydrogen-bond donors (Lipinski definition) is 2. The molecule has 146 valence electrons. The van der Waals surface area contributed by atoms with Gasteiger partial charge < -0.3 is 20.3 Å². The van der Waals surface area contributed by atoms with E-state index >= 15 is 0 Å². The number of anilines is 1. The minimum atomic E-state index is -0.422. The fourth-order valence-electron chi connectivity index (χ4n) is 3.28. The Morgan fingerprint density at radius 2 is 1.85 bits per heavy atom. The summed E-state index contributed by atoms with van der Waals surface area (Å²) in [6.45, 7) is 1.72. The standard InChI is InChI=1S/C20H27N3O4/c1-27-13-3-11-21-19(25)17-4-2-12-23(17)20(26)15-7-9-16(10-8-15)22-18(24)14-5-6-14/h7-10,14,17H,2-6,11-13H2,1H3,(H,21,25)(H,22,24). The molecule has 1 saturated heterocycles. The van der Waals surface area contributed by atoms with Crippen LogP contribution in [0.25, 0.3) is 0 Å². The summed E-state index contributed by atoms with van der Waals surface area (Å²) in [5.41, 5.74) is 1.22. The van der Waals surface area contributed by atoms with Crippen molar-refractivity contribution < 1.29 is 19.1 Å². The smallest absolute Gasteiger partial charge is 0.254 e. The van der Waals surface area contributed by atoms with Crippen molar-refractivity contribution in [3.8, 4) is 0 Å². The Kier molecular flexibility index (Phi) is 6.45. The van der Waals surface area contributed by atoms with Gasteiger partial charge in [-0.25, -0.2) is 0 Å². The van der Waals surface area contributed by atoms with Crippen molar-refractivity contribution >= 4 is 23.4 Å². The van der Waals surface area contributed by atoms with Crippen molar-refractivity contribution in [2.24, 2.45) is 5.92 Å². The van der Waals surface area contributed by atoms with Gasteiger partial charge in [-0.3, -0.25) is 14.4 Å². The second kappa shape index (κ2) is 8.99. The molecule has 0 radical (unpaired) electrons. The molecule has 1 aliphatic carbocycles. The summed E-state index contributed by atoms with van der Waals surface area (Å²) in [7, 11) is 1.63. The number of carbonyl (C=O) groups is 3. The summed E-state index contributed by atoms with van der Waals surface area (Å²) in [4.78, 5) is 38.7. The van der Waals surface area contributed by atoms with E-state index in [-0.39, 0.29) is 23.6 Å². The molecule has 2 N–H and O–H groups in total. The van der Waals surface area contributed by atoms with E-state index in [9.17, 15) is 14.4 Å². The predicted molar refractivity (Wildman–Crippen MR) is 101 cm³/mol. The number of ether oxygens (including phenoxy) is 1. The highest BCUT2D eigenvalue weighted by Crippen LogP contribution is 2.30. The molecule has 7 heteroatoms. The first-order chi connectivity index (χ1) is 13.1. The number of benzene rings is 1. The minimum absolute atomic E-state index is 0.0406. The minimum Gasteiger partial charge on any atom is -0.385 e. The first kappa shape index (κ1) is 19.4.